The van der Waals surface area contributed by atoms with E-state index in [1.165, 1.54) is 0 Å². The van der Waals surface area contributed by atoms with Crippen molar-refractivity contribution in [1.82, 2.24) is 4.90 Å². The fourth-order valence-corrected chi connectivity index (χ4v) is 4.46. The van der Waals surface area contributed by atoms with Crippen LogP contribution in [-0.4, -0.2) is 44.5 Å². The lowest BCUT2D eigenvalue weighted by Gasteiger charge is -2.35. The standard InChI is InChI=1S/C21H26N2O4S/c1-4-17-9-11-18(12-10-17)28(25,26)22-20-8-6-5-7-19(20)21(24)23-13-15(2)27-16(3)14-23/h5-12,15-16,22H,4,13-14H2,1-3H3. The number of carbonyl (C=O) groups is 1. The maximum Gasteiger partial charge on any atom is 0.261 e. The van der Waals surface area contributed by atoms with E-state index >= 15 is 0 Å². The molecule has 0 saturated carbocycles. The second-order valence-corrected chi connectivity index (χ2v) is 8.80. The summed E-state index contributed by atoms with van der Waals surface area (Å²) in [4.78, 5) is 14.9. The molecule has 0 bridgehead atoms. The van der Waals surface area contributed by atoms with E-state index < -0.39 is 10.0 Å². The van der Waals surface area contributed by atoms with Gasteiger partial charge in [-0.3, -0.25) is 9.52 Å². The number of amides is 1. The number of para-hydroxylation sites is 1. The number of rotatable bonds is 5. The van der Waals surface area contributed by atoms with Crippen molar-refractivity contribution in [3.63, 3.8) is 0 Å². The predicted molar refractivity (Wildman–Crippen MR) is 109 cm³/mol. The second kappa shape index (κ2) is 8.32. The van der Waals surface area contributed by atoms with Crippen LogP contribution in [0.25, 0.3) is 0 Å². The molecule has 1 aliphatic rings. The van der Waals surface area contributed by atoms with Crippen molar-refractivity contribution in [3.05, 3.63) is 59.7 Å². The summed E-state index contributed by atoms with van der Waals surface area (Å²) in [6.07, 6.45) is 0.712. The van der Waals surface area contributed by atoms with Gasteiger partial charge in [-0.05, 0) is 50.1 Å². The summed E-state index contributed by atoms with van der Waals surface area (Å²) >= 11 is 0. The largest absolute Gasteiger partial charge is 0.372 e. The molecule has 3 rings (SSSR count). The van der Waals surface area contributed by atoms with Gasteiger partial charge in [0.05, 0.1) is 28.4 Å². The highest BCUT2D eigenvalue weighted by atomic mass is 32.2. The minimum Gasteiger partial charge on any atom is -0.372 e. The highest BCUT2D eigenvalue weighted by Crippen LogP contribution is 2.23. The quantitative estimate of drug-likeness (QED) is 0.833. The molecule has 2 atom stereocenters. The van der Waals surface area contributed by atoms with Gasteiger partial charge in [-0.2, -0.15) is 0 Å². The lowest BCUT2D eigenvalue weighted by molar-refractivity contribution is -0.0585. The molecule has 150 valence electrons. The molecule has 1 saturated heterocycles. The third-order valence-electron chi connectivity index (χ3n) is 4.75. The molecule has 6 nitrogen and oxygen atoms in total. The molecule has 2 aromatic carbocycles. The van der Waals surface area contributed by atoms with Gasteiger partial charge in [-0.25, -0.2) is 8.42 Å². The van der Waals surface area contributed by atoms with Crippen LogP contribution < -0.4 is 4.72 Å². The summed E-state index contributed by atoms with van der Waals surface area (Å²) in [6, 6.07) is 13.4. The van der Waals surface area contributed by atoms with Crippen molar-refractivity contribution >= 4 is 21.6 Å². The number of carbonyl (C=O) groups excluding carboxylic acids is 1. The van der Waals surface area contributed by atoms with Crippen LogP contribution in [0.1, 0.15) is 36.7 Å². The normalized spacial score (nSPS) is 20.0. The topological polar surface area (TPSA) is 75.7 Å². The van der Waals surface area contributed by atoms with E-state index in [0.29, 0.717) is 18.7 Å². The molecule has 0 radical (unpaired) electrons. The van der Waals surface area contributed by atoms with E-state index in [4.69, 9.17) is 4.74 Å². The number of nitrogens with one attached hydrogen (secondary N) is 1. The van der Waals surface area contributed by atoms with Crippen molar-refractivity contribution in [2.24, 2.45) is 0 Å². The van der Waals surface area contributed by atoms with Crippen LogP contribution in [0, 0.1) is 0 Å². The Bertz CT molecular complexity index is 931. The van der Waals surface area contributed by atoms with Crippen molar-refractivity contribution in [2.45, 2.75) is 44.3 Å². The predicted octanol–water partition coefficient (Wildman–Crippen LogP) is 3.30. The monoisotopic (exact) mass is 402 g/mol. The van der Waals surface area contributed by atoms with E-state index in [1.54, 1.807) is 53.4 Å². The van der Waals surface area contributed by atoms with Gasteiger partial charge < -0.3 is 9.64 Å². The van der Waals surface area contributed by atoms with Crippen molar-refractivity contribution in [2.75, 3.05) is 17.8 Å². The van der Waals surface area contributed by atoms with Gasteiger partial charge in [0.25, 0.3) is 15.9 Å². The van der Waals surface area contributed by atoms with Gasteiger partial charge in [0.15, 0.2) is 0 Å². The Morgan fingerprint density at radius 2 is 1.68 bits per heavy atom. The third-order valence-corrected chi connectivity index (χ3v) is 6.13. The zero-order chi connectivity index (χ0) is 20.3. The third kappa shape index (κ3) is 4.54. The number of ether oxygens (including phenoxy) is 1. The van der Waals surface area contributed by atoms with Gasteiger partial charge in [0.1, 0.15) is 0 Å². The first-order chi connectivity index (χ1) is 13.3. The minimum absolute atomic E-state index is 0.0614. The maximum absolute atomic E-state index is 13.1. The summed E-state index contributed by atoms with van der Waals surface area (Å²) < 4.78 is 33.9. The Morgan fingerprint density at radius 1 is 1.07 bits per heavy atom. The van der Waals surface area contributed by atoms with Crippen LogP contribution in [0.3, 0.4) is 0 Å². The number of aryl methyl sites for hydroxylation is 1. The fourth-order valence-electron chi connectivity index (χ4n) is 3.38. The SMILES string of the molecule is CCc1ccc(S(=O)(=O)Nc2ccccc2C(=O)N2CC(C)OC(C)C2)cc1. The van der Waals surface area contributed by atoms with Crippen LogP contribution in [0.5, 0.6) is 0 Å². The Morgan fingerprint density at radius 3 is 2.29 bits per heavy atom. The van der Waals surface area contributed by atoms with E-state index in [1.807, 2.05) is 20.8 Å². The molecule has 0 spiro atoms. The zero-order valence-electron chi connectivity index (χ0n) is 16.4. The summed E-state index contributed by atoms with van der Waals surface area (Å²) in [7, 11) is -3.79. The fraction of sp³-hybridized carbons (Fsp3) is 0.381. The average molecular weight is 403 g/mol. The summed E-state index contributed by atoms with van der Waals surface area (Å²) in [5.41, 5.74) is 1.67. The first kappa shape index (κ1) is 20.4. The van der Waals surface area contributed by atoms with Crippen LogP contribution in [-0.2, 0) is 21.2 Å². The lowest BCUT2D eigenvalue weighted by atomic mass is 10.1. The number of sulfonamides is 1. The molecule has 28 heavy (non-hydrogen) atoms. The van der Waals surface area contributed by atoms with E-state index in [0.717, 1.165) is 12.0 Å². The zero-order valence-corrected chi connectivity index (χ0v) is 17.2. The molecular formula is C21H26N2O4S. The minimum atomic E-state index is -3.79. The van der Waals surface area contributed by atoms with Crippen LogP contribution in [0.15, 0.2) is 53.4 Å². The molecule has 2 aromatic rings. The molecule has 0 aliphatic carbocycles. The van der Waals surface area contributed by atoms with Crippen LogP contribution in [0.4, 0.5) is 5.69 Å². The highest BCUT2D eigenvalue weighted by Gasteiger charge is 2.28. The van der Waals surface area contributed by atoms with Crippen LogP contribution in [0.2, 0.25) is 0 Å². The Kier molecular flexibility index (Phi) is 6.05. The van der Waals surface area contributed by atoms with Crippen LogP contribution >= 0.6 is 0 Å². The Balaban J connectivity index is 1.86. The van der Waals surface area contributed by atoms with Gasteiger partial charge in [0, 0.05) is 13.1 Å². The molecular weight excluding hydrogens is 376 g/mol. The van der Waals surface area contributed by atoms with Gasteiger partial charge in [-0.1, -0.05) is 31.2 Å². The van der Waals surface area contributed by atoms with Gasteiger partial charge in [0.2, 0.25) is 0 Å². The average Bonchev–Trinajstić information content (AvgIpc) is 2.67. The molecule has 1 N–H and O–H groups in total. The Hall–Kier alpha value is -2.38. The Labute approximate surface area is 166 Å². The van der Waals surface area contributed by atoms with Gasteiger partial charge in [-0.15, -0.1) is 0 Å². The molecule has 1 aliphatic heterocycles. The maximum atomic E-state index is 13.1. The van der Waals surface area contributed by atoms with E-state index in [9.17, 15) is 13.2 Å². The molecule has 0 aromatic heterocycles. The molecule has 2 unspecified atom stereocenters. The number of anilines is 1. The first-order valence-corrected chi connectivity index (χ1v) is 10.9. The van der Waals surface area contributed by atoms with Crippen molar-refractivity contribution in [3.8, 4) is 0 Å². The highest BCUT2D eigenvalue weighted by molar-refractivity contribution is 7.92. The summed E-state index contributed by atoms with van der Waals surface area (Å²) in [5, 5.41) is 0. The summed E-state index contributed by atoms with van der Waals surface area (Å²) in [6.45, 7) is 6.80. The van der Waals surface area contributed by atoms with Crippen molar-refractivity contribution in [1.29, 1.82) is 0 Å². The van der Waals surface area contributed by atoms with E-state index in [-0.39, 0.29) is 28.7 Å². The number of morpholine rings is 1. The number of hydrogen-bond acceptors (Lipinski definition) is 4. The molecule has 1 fully saturated rings. The molecule has 7 heteroatoms. The smallest absolute Gasteiger partial charge is 0.261 e. The number of nitrogens with zero attached hydrogens (tertiary/aromatic N) is 1. The second-order valence-electron chi connectivity index (χ2n) is 7.12. The first-order valence-electron chi connectivity index (χ1n) is 9.45. The van der Waals surface area contributed by atoms with Crippen molar-refractivity contribution < 1.29 is 17.9 Å². The van der Waals surface area contributed by atoms with Gasteiger partial charge >= 0.3 is 0 Å². The molecule has 1 heterocycles. The number of hydrogen-bond donors (Lipinski definition) is 1. The molecule has 1 amide bonds. The lowest BCUT2D eigenvalue weighted by Crippen LogP contribution is -2.48. The summed E-state index contributed by atoms with van der Waals surface area (Å²) in [5.74, 6) is -0.207. The van der Waals surface area contributed by atoms with E-state index in [2.05, 4.69) is 4.72 Å². The number of benzene rings is 2.